The summed E-state index contributed by atoms with van der Waals surface area (Å²) in [5, 5.41) is 11.4. The van der Waals surface area contributed by atoms with Crippen molar-refractivity contribution >= 4 is 16.8 Å². The molecular weight excluding hydrogens is 170 g/mol. The lowest BCUT2D eigenvalue weighted by molar-refractivity contribution is -0.0451. The lowest BCUT2D eigenvalue weighted by Crippen LogP contribution is -2.46. The second-order valence-corrected chi connectivity index (χ2v) is 5.90. The number of nitrogens with zero attached hydrogens (tertiary/aromatic N) is 1. The Bertz CT molecular complexity index is 219. The van der Waals surface area contributed by atoms with Gasteiger partial charge in [0.15, 0.2) is 5.72 Å². The SMILES string of the molecule is CC1=NC(O)(C(C)(C)C)C(C)S1. The predicted molar refractivity (Wildman–Crippen MR) is 54.6 cm³/mol. The van der Waals surface area contributed by atoms with Crippen LogP contribution in [0.25, 0.3) is 0 Å². The molecule has 0 bridgehead atoms. The molecule has 1 heterocycles. The molecule has 70 valence electrons. The van der Waals surface area contributed by atoms with E-state index in [0.29, 0.717) is 0 Å². The zero-order chi connectivity index (χ0) is 9.57. The van der Waals surface area contributed by atoms with E-state index in [4.69, 9.17) is 0 Å². The molecule has 0 amide bonds. The van der Waals surface area contributed by atoms with Crippen LogP contribution in [-0.4, -0.2) is 21.1 Å². The summed E-state index contributed by atoms with van der Waals surface area (Å²) in [6.07, 6.45) is 0. The largest absolute Gasteiger partial charge is 0.368 e. The second kappa shape index (κ2) is 2.74. The topological polar surface area (TPSA) is 32.6 Å². The van der Waals surface area contributed by atoms with E-state index in [0.717, 1.165) is 5.04 Å². The van der Waals surface area contributed by atoms with E-state index in [9.17, 15) is 5.11 Å². The number of hydrogen-bond acceptors (Lipinski definition) is 3. The normalized spacial score (nSPS) is 36.8. The highest BCUT2D eigenvalue weighted by Gasteiger charge is 2.48. The Balaban J connectivity index is 2.99. The van der Waals surface area contributed by atoms with E-state index >= 15 is 0 Å². The first kappa shape index (κ1) is 10.1. The van der Waals surface area contributed by atoms with Crippen molar-refractivity contribution in [1.29, 1.82) is 0 Å². The van der Waals surface area contributed by atoms with Crippen molar-refractivity contribution in [3.05, 3.63) is 0 Å². The Kier molecular flexibility index (Phi) is 2.30. The van der Waals surface area contributed by atoms with Gasteiger partial charge in [-0.1, -0.05) is 20.8 Å². The van der Waals surface area contributed by atoms with E-state index in [-0.39, 0.29) is 10.7 Å². The number of hydrogen-bond donors (Lipinski definition) is 1. The fraction of sp³-hybridized carbons (Fsp3) is 0.889. The Morgan fingerprint density at radius 1 is 1.50 bits per heavy atom. The maximum atomic E-state index is 10.3. The monoisotopic (exact) mass is 187 g/mol. The highest BCUT2D eigenvalue weighted by Crippen LogP contribution is 2.44. The van der Waals surface area contributed by atoms with Gasteiger partial charge in [-0.3, -0.25) is 0 Å². The van der Waals surface area contributed by atoms with Crippen LogP contribution in [0, 0.1) is 5.41 Å². The minimum Gasteiger partial charge on any atom is -0.368 e. The molecule has 3 heteroatoms. The van der Waals surface area contributed by atoms with Crippen LogP contribution in [0.3, 0.4) is 0 Å². The van der Waals surface area contributed by atoms with Crippen LogP contribution in [0.5, 0.6) is 0 Å². The number of aliphatic imine (C=N–C) groups is 1. The molecule has 0 aromatic heterocycles. The summed E-state index contributed by atoms with van der Waals surface area (Å²) in [5.74, 6) is 0. The van der Waals surface area contributed by atoms with Crippen molar-refractivity contribution in [1.82, 2.24) is 0 Å². The van der Waals surface area contributed by atoms with Gasteiger partial charge in [0.25, 0.3) is 0 Å². The van der Waals surface area contributed by atoms with E-state index < -0.39 is 5.72 Å². The summed E-state index contributed by atoms with van der Waals surface area (Å²) in [6.45, 7) is 10.0. The lowest BCUT2D eigenvalue weighted by Gasteiger charge is -2.37. The molecule has 1 aliphatic heterocycles. The molecule has 2 atom stereocenters. The van der Waals surface area contributed by atoms with Gasteiger partial charge in [-0.25, -0.2) is 4.99 Å². The third-order valence-electron chi connectivity index (χ3n) is 2.35. The first-order valence-corrected chi connectivity index (χ1v) is 5.11. The molecule has 12 heavy (non-hydrogen) atoms. The van der Waals surface area contributed by atoms with E-state index in [1.807, 2.05) is 34.6 Å². The highest BCUT2D eigenvalue weighted by atomic mass is 32.2. The van der Waals surface area contributed by atoms with Crippen molar-refractivity contribution in [2.75, 3.05) is 0 Å². The Morgan fingerprint density at radius 2 is 2.00 bits per heavy atom. The lowest BCUT2D eigenvalue weighted by atomic mass is 9.81. The van der Waals surface area contributed by atoms with Crippen molar-refractivity contribution < 1.29 is 5.11 Å². The molecule has 0 radical (unpaired) electrons. The van der Waals surface area contributed by atoms with Crippen LogP contribution < -0.4 is 0 Å². The molecule has 1 N–H and O–H groups in total. The smallest absolute Gasteiger partial charge is 0.173 e. The van der Waals surface area contributed by atoms with Crippen molar-refractivity contribution in [2.45, 2.75) is 45.6 Å². The molecule has 0 fully saturated rings. The third kappa shape index (κ3) is 1.40. The standard InChI is InChI=1S/C9H17NOS/c1-6-9(11,8(3,4)5)10-7(2)12-6/h6,11H,1-5H3. The van der Waals surface area contributed by atoms with Gasteiger partial charge in [0.2, 0.25) is 0 Å². The molecule has 1 rings (SSSR count). The van der Waals surface area contributed by atoms with Gasteiger partial charge < -0.3 is 5.11 Å². The highest BCUT2D eigenvalue weighted by molar-refractivity contribution is 8.14. The van der Waals surface area contributed by atoms with Gasteiger partial charge in [-0.15, -0.1) is 11.8 Å². The fourth-order valence-corrected chi connectivity index (χ4v) is 2.75. The minimum absolute atomic E-state index is 0.164. The minimum atomic E-state index is -0.887. The molecule has 0 saturated heterocycles. The quantitative estimate of drug-likeness (QED) is 0.631. The van der Waals surface area contributed by atoms with E-state index in [1.54, 1.807) is 11.8 Å². The van der Waals surface area contributed by atoms with Crippen molar-refractivity contribution in [3.8, 4) is 0 Å². The van der Waals surface area contributed by atoms with Crippen LogP contribution in [0.4, 0.5) is 0 Å². The first-order valence-electron chi connectivity index (χ1n) is 4.23. The Labute approximate surface area is 78.5 Å². The maximum absolute atomic E-state index is 10.3. The summed E-state index contributed by atoms with van der Waals surface area (Å²) in [4.78, 5) is 4.31. The maximum Gasteiger partial charge on any atom is 0.173 e. The molecule has 0 saturated carbocycles. The molecule has 0 aromatic carbocycles. The van der Waals surface area contributed by atoms with Gasteiger partial charge >= 0.3 is 0 Å². The van der Waals surface area contributed by atoms with Crippen LogP contribution in [0.15, 0.2) is 4.99 Å². The summed E-state index contributed by atoms with van der Waals surface area (Å²) >= 11 is 1.65. The molecule has 0 aromatic rings. The van der Waals surface area contributed by atoms with Crippen LogP contribution in [-0.2, 0) is 0 Å². The van der Waals surface area contributed by atoms with E-state index in [2.05, 4.69) is 4.99 Å². The van der Waals surface area contributed by atoms with Gasteiger partial charge in [0.05, 0.1) is 10.3 Å². The summed E-state index contributed by atoms with van der Waals surface area (Å²) in [7, 11) is 0. The van der Waals surface area contributed by atoms with Gasteiger partial charge in [0.1, 0.15) is 0 Å². The molecule has 1 aliphatic rings. The van der Waals surface area contributed by atoms with E-state index in [1.165, 1.54) is 0 Å². The van der Waals surface area contributed by atoms with Crippen LogP contribution >= 0.6 is 11.8 Å². The number of thioether (sulfide) groups is 1. The average Bonchev–Trinajstić information content (AvgIpc) is 2.06. The second-order valence-electron chi connectivity index (χ2n) is 4.37. The van der Waals surface area contributed by atoms with Crippen molar-refractivity contribution in [2.24, 2.45) is 10.4 Å². The summed E-state index contributed by atoms with van der Waals surface area (Å²) in [5.41, 5.74) is -1.07. The molecule has 0 spiro atoms. The molecule has 0 aliphatic carbocycles. The number of aliphatic hydroxyl groups is 1. The molecular formula is C9H17NOS. The van der Waals surface area contributed by atoms with Crippen LogP contribution in [0.2, 0.25) is 0 Å². The fourth-order valence-electron chi connectivity index (χ4n) is 1.47. The third-order valence-corrected chi connectivity index (χ3v) is 3.46. The van der Waals surface area contributed by atoms with Gasteiger partial charge in [0, 0.05) is 5.41 Å². The van der Waals surface area contributed by atoms with Crippen molar-refractivity contribution in [3.63, 3.8) is 0 Å². The molecule has 2 nitrogen and oxygen atoms in total. The number of rotatable bonds is 0. The Hall–Kier alpha value is -0.0200. The average molecular weight is 187 g/mol. The van der Waals surface area contributed by atoms with Gasteiger partial charge in [-0.05, 0) is 13.8 Å². The zero-order valence-corrected chi connectivity index (χ0v) is 9.20. The predicted octanol–water partition coefficient (Wildman–Crippen LogP) is 2.27. The first-order chi connectivity index (χ1) is 5.27. The van der Waals surface area contributed by atoms with Gasteiger partial charge in [-0.2, -0.15) is 0 Å². The van der Waals surface area contributed by atoms with Crippen LogP contribution in [0.1, 0.15) is 34.6 Å². The zero-order valence-electron chi connectivity index (χ0n) is 8.38. The molecule has 2 unspecified atom stereocenters. The summed E-state index contributed by atoms with van der Waals surface area (Å²) < 4.78 is 0. The Morgan fingerprint density at radius 3 is 2.17 bits per heavy atom. The summed E-state index contributed by atoms with van der Waals surface area (Å²) in [6, 6.07) is 0.